The molecule has 4 heteroatoms. The van der Waals surface area contributed by atoms with E-state index in [4.69, 9.17) is 10.5 Å². The molecular weight excluding hydrogens is 240 g/mol. The van der Waals surface area contributed by atoms with Crippen LogP contribution in [-0.4, -0.2) is 18.6 Å². The Hall–Kier alpha value is -1.55. The zero-order valence-corrected chi connectivity index (χ0v) is 11.8. The molecule has 1 aliphatic rings. The van der Waals surface area contributed by atoms with Crippen LogP contribution in [0.15, 0.2) is 24.3 Å². The van der Waals surface area contributed by atoms with Crippen molar-refractivity contribution < 1.29 is 9.53 Å². The smallest absolute Gasteiger partial charge is 0.237 e. The summed E-state index contributed by atoms with van der Waals surface area (Å²) in [5.41, 5.74) is 6.78. The molecule has 3 N–H and O–H groups in total. The second kappa shape index (κ2) is 5.21. The van der Waals surface area contributed by atoms with E-state index in [2.05, 4.69) is 5.32 Å². The number of ether oxygens (including phenoxy) is 1. The SMILES string of the molecule is CC(C)(C)[C@H](N)C(=O)NC1CCOc2ccccc21. The maximum Gasteiger partial charge on any atom is 0.237 e. The lowest BCUT2D eigenvalue weighted by Crippen LogP contribution is -2.49. The monoisotopic (exact) mass is 262 g/mol. The van der Waals surface area contributed by atoms with E-state index in [-0.39, 0.29) is 17.4 Å². The fraction of sp³-hybridized carbons (Fsp3) is 0.533. The van der Waals surface area contributed by atoms with Gasteiger partial charge in [-0.05, 0) is 11.5 Å². The molecule has 1 heterocycles. The Morgan fingerprint density at radius 3 is 2.79 bits per heavy atom. The van der Waals surface area contributed by atoms with E-state index in [0.29, 0.717) is 6.61 Å². The van der Waals surface area contributed by atoms with E-state index < -0.39 is 6.04 Å². The van der Waals surface area contributed by atoms with Crippen molar-refractivity contribution >= 4 is 5.91 Å². The van der Waals surface area contributed by atoms with Crippen LogP contribution in [0.25, 0.3) is 0 Å². The first kappa shape index (κ1) is 13.9. The summed E-state index contributed by atoms with van der Waals surface area (Å²) in [5, 5.41) is 3.04. The minimum absolute atomic E-state index is 0.00847. The number of hydrogen-bond donors (Lipinski definition) is 2. The fourth-order valence-corrected chi connectivity index (χ4v) is 2.15. The van der Waals surface area contributed by atoms with Gasteiger partial charge in [-0.1, -0.05) is 39.0 Å². The van der Waals surface area contributed by atoms with E-state index in [9.17, 15) is 4.79 Å². The van der Waals surface area contributed by atoms with E-state index >= 15 is 0 Å². The molecule has 0 spiro atoms. The lowest BCUT2D eigenvalue weighted by Gasteiger charge is -2.31. The van der Waals surface area contributed by atoms with Gasteiger partial charge in [0.15, 0.2) is 0 Å². The van der Waals surface area contributed by atoms with E-state index in [1.165, 1.54) is 0 Å². The molecule has 0 saturated carbocycles. The van der Waals surface area contributed by atoms with Crippen LogP contribution < -0.4 is 15.8 Å². The van der Waals surface area contributed by atoms with Gasteiger partial charge in [0.25, 0.3) is 0 Å². The first-order valence-corrected chi connectivity index (χ1v) is 6.67. The molecule has 1 aromatic carbocycles. The molecule has 0 fully saturated rings. The molecule has 2 rings (SSSR count). The highest BCUT2D eigenvalue weighted by Crippen LogP contribution is 2.31. The second-order valence-electron chi connectivity index (χ2n) is 6.08. The van der Waals surface area contributed by atoms with Crippen molar-refractivity contribution in [2.24, 2.45) is 11.1 Å². The third kappa shape index (κ3) is 3.07. The van der Waals surface area contributed by atoms with Crippen LogP contribution in [0.1, 0.15) is 38.8 Å². The Labute approximate surface area is 114 Å². The number of carbonyl (C=O) groups is 1. The molecule has 1 aromatic rings. The van der Waals surface area contributed by atoms with Gasteiger partial charge < -0.3 is 15.8 Å². The summed E-state index contributed by atoms with van der Waals surface area (Å²) in [6.45, 7) is 6.52. The van der Waals surface area contributed by atoms with Gasteiger partial charge in [0.2, 0.25) is 5.91 Å². The average molecular weight is 262 g/mol. The van der Waals surface area contributed by atoms with Gasteiger partial charge in [0.05, 0.1) is 18.7 Å². The Balaban J connectivity index is 2.11. The summed E-state index contributed by atoms with van der Waals surface area (Å²) in [6.07, 6.45) is 0.777. The maximum atomic E-state index is 12.2. The number of para-hydroxylation sites is 1. The largest absolute Gasteiger partial charge is 0.493 e. The molecule has 1 amide bonds. The Morgan fingerprint density at radius 2 is 2.11 bits per heavy atom. The van der Waals surface area contributed by atoms with Crippen molar-refractivity contribution in [3.8, 4) is 5.75 Å². The van der Waals surface area contributed by atoms with Gasteiger partial charge in [-0.25, -0.2) is 0 Å². The van der Waals surface area contributed by atoms with E-state index in [1.54, 1.807) is 0 Å². The summed E-state index contributed by atoms with van der Waals surface area (Å²) in [6, 6.07) is 7.29. The second-order valence-corrected chi connectivity index (χ2v) is 6.08. The highest BCUT2D eigenvalue weighted by molar-refractivity contribution is 5.82. The third-order valence-electron chi connectivity index (χ3n) is 3.49. The van der Waals surface area contributed by atoms with Crippen LogP contribution >= 0.6 is 0 Å². The molecule has 0 aliphatic carbocycles. The molecule has 19 heavy (non-hydrogen) atoms. The number of rotatable bonds is 2. The van der Waals surface area contributed by atoms with Gasteiger partial charge in [0.1, 0.15) is 5.75 Å². The van der Waals surface area contributed by atoms with Crippen LogP contribution in [-0.2, 0) is 4.79 Å². The van der Waals surface area contributed by atoms with Gasteiger partial charge in [-0.15, -0.1) is 0 Å². The van der Waals surface area contributed by atoms with E-state index in [1.807, 2.05) is 45.0 Å². The number of carbonyl (C=O) groups excluding carboxylic acids is 1. The standard InChI is InChI=1S/C15H22N2O2/c1-15(2,3)13(16)14(18)17-11-8-9-19-12-7-5-4-6-10(11)12/h4-7,11,13H,8-9,16H2,1-3H3,(H,17,18)/t11?,13-/m1/s1. The molecule has 1 unspecified atom stereocenters. The van der Waals surface area contributed by atoms with Crippen molar-refractivity contribution in [3.05, 3.63) is 29.8 Å². The quantitative estimate of drug-likeness (QED) is 0.856. The van der Waals surface area contributed by atoms with Crippen molar-refractivity contribution in [1.82, 2.24) is 5.32 Å². The van der Waals surface area contributed by atoms with Crippen molar-refractivity contribution in [2.75, 3.05) is 6.61 Å². The Kier molecular flexibility index (Phi) is 3.80. The summed E-state index contributed by atoms with van der Waals surface area (Å²) in [5.74, 6) is 0.748. The topological polar surface area (TPSA) is 64.4 Å². The highest BCUT2D eigenvalue weighted by Gasteiger charge is 2.30. The molecule has 0 saturated heterocycles. The molecule has 1 aliphatic heterocycles. The molecule has 104 valence electrons. The number of fused-ring (bicyclic) bond motifs is 1. The maximum absolute atomic E-state index is 12.2. The number of amides is 1. The lowest BCUT2D eigenvalue weighted by atomic mass is 9.86. The molecule has 0 radical (unpaired) electrons. The summed E-state index contributed by atoms with van der Waals surface area (Å²) in [4.78, 5) is 12.2. The van der Waals surface area contributed by atoms with Gasteiger partial charge >= 0.3 is 0 Å². The summed E-state index contributed by atoms with van der Waals surface area (Å²) in [7, 11) is 0. The van der Waals surface area contributed by atoms with Crippen LogP contribution in [0.4, 0.5) is 0 Å². The molecule has 2 atom stereocenters. The predicted molar refractivity (Wildman–Crippen MR) is 74.9 cm³/mol. The van der Waals surface area contributed by atoms with Crippen LogP contribution in [0.5, 0.6) is 5.75 Å². The minimum Gasteiger partial charge on any atom is -0.493 e. The molecule has 0 aromatic heterocycles. The van der Waals surface area contributed by atoms with Crippen LogP contribution in [0.2, 0.25) is 0 Å². The Bertz CT molecular complexity index is 465. The third-order valence-corrected chi connectivity index (χ3v) is 3.49. The van der Waals surface area contributed by atoms with Crippen molar-refractivity contribution in [3.63, 3.8) is 0 Å². The van der Waals surface area contributed by atoms with Crippen LogP contribution in [0.3, 0.4) is 0 Å². The number of benzene rings is 1. The zero-order chi connectivity index (χ0) is 14.0. The van der Waals surface area contributed by atoms with Crippen LogP contribution in [0, 0.1) is 5.41 Å². The van der Waals surface area contributed by atoms with Crippen molar-refractivity contribution in [2.45, 2.75) is 39.3 Å². The molecule has 4 nitrogen and oxygen atoms in total. The van der Waals surface area contributed by atoms with Gasteiger partial charge in [-0.3, -0.25) is 4.79 Å². The Morgan fingerprint density at radius 1 is 1.42 bits per heavy atom. The number of hydrogen-bond acceptors (Lipinski definition) is 3. The van der Waals surface area contributed by atoms with Gasteiger partial charge in [0, 0.05) is 12.0 Å². The van der Waals surface area contributed by atoms with Gasteiger partial charge in [-0.2, -0.15) is 0 Å². The normalized spacial score (nSPS) is 20.1. The first-order valence-electron chi connectivity index (χ1n) is 6.67. The predicted octanol–water partition coefficient (Wildman–Crippen LogP) is 2.00. The average Bonchev–Trinajstić information content (AvgIpc) is 2.37. The minimum atomic E-state index is -0.512. The van der Waals surface area contributed by atoms with E-state index in [0.717, 1.165) is 17.7 Å². The fourth-order valence-electron chi connectivity index (χ4n) is 2.15. The summed E-state index contributed by atoms with van der Waals surface area (Å²) < 4.78 is 5.58. The zero-order valence-electron chi connectivity index (χ0n) is 11.8. The highest BCUT2D eigenvalue weighted by atomic mass is 16.5. The first-order chi connectivity index (χ1) is 8.89. The number of nitrogens with two attached hydrogens (primary N) is 1. The lowest BCUT2D eigenvalue weighted by molar-refractivity contribution is -0.125. The molecule has 0 bridgehead atoms. The summed E-state index contributed by atoms with van der Waals surface area (Å²) >= 11 is 0. The molecular formula is C15H22N2O2. The van der Waals surface area contributed by atoms with Crippen molar-refractivity contribution in [1.29, 1.82) is 0 Å². The number of nitrogens with one attached hydrogen (secondary N) is 1.